The molecule has 0 saturated heterocycles. The smallest absolute Gasteiger partial charge is 0.131 e. The number of rotatable bonds is 3. The van der Waals surface area contributed by atoms with E-state index < -0.39 is 0 Å². The van der Waals surface area contributed by atoms with Gasteiger partial charge in [-0.05, 0) is 30.2 Å². The Balaban J connectivity index is 2.25. The number of alkyl halides is 1. The third-order valence-electron chi connectivity index (χ3n) is 4.45. The third kappa shape index (κ3) is 3.13. The third-order valence-corrected chi connectivity index (χ3v) is 5.58. The summed E-state index contributed by atoms with van der Waals surface area (Å²) in [5, 5.41) is 0. The van der Waals surface area contributed by atoms with Crippen LogP contribution in [0.2, 0.25) is 0 Å². The highest BCUT2D eigenvalue weighted by Crippen LogP contribution is 2.50. The average Bonchev–Trinajstić information content (AvgIpc) is 2.37. The Morgan fingerprint density at radius 3 is 2.68 bits per heavy atom. The second kappa shape index (κ2) is 5.82. The largest absolute Gasteiger partial charge is 0.497 e. The summed E-state index contributed by atoms with van der Waals surface area (Å²) in [6.45, 7) is 4.60. The maximum atomic E-state index is 14.2. The van der Waals surface area contributed by atoms with Crippen LogP contribution in [0.1, 0.15) is 49.9 Å². The number of hydrogen-bond donors (Lipinski definition) is 0. The van der Waals surface area contributed by atoms with Crippen molar-refractivity contribution in [2.45, 2.75) is 44.4 Å². The van der Waals surface area contributed by atoms with Gasteiger partial charge < -0.3 is 4.74 Å². The van der Waals surface area contributed by atoms with Gasteiger partial charge in [-0.25, -0.2) is 4.39 Å². The molecule has 1 aromatic rings. The van der Waals surface area contributed by atoms with E-state index in [4.69, 9.17) is 4.74 Å². The van der Waals surface area contributed by atoms with Gasteiger partial charge in [0.1, 0.15) is 11.6 Å². The number of ether oxygens (including phenoxy) is 1. The Kier molecular flexibility index (Phi) is 4.54. The fraction of sp³-hybridized carbons (Fsp3) is 0.625. The molecule has 2 atom stereocenters. The van der Waals surface area contributed by atoms with Gasteiger partial charge in [-0.2, -0.15) is 0 Å². The van der Waals surface area contributed by atoms with Gasteiger partial charge in [-0.1, -0.05) is 48.7 Å². The Morgan fingerprint density at radius 1 is 1.37 bits per heavy atom. The van der Waals surface area contributed by atoms with E-state index in [0.29, 0.717) is 11.7 Å². The second-order valence-electron chi connectivity index (χ2n) is 6.13. The van der Waals surface area contributed by atoms with E-state index in [9.17, 15) is 4.39 Å². The highest BCUT2D eigenvalue weighted by Gasteiger charge is 2.37. The minimum absolute atomic E-state index is 0.0775. The first-order valence-electron chi connectivity index (χ1n) is 6.93. The summed E-state index contributed by atoms with van der Waals surface area (Å²) in [7, 11) is 1.56. The zero-order valence-electron chi connectivity index (χ0n) is 11.9. The van der Waals surface area contributed by atoms with Gasteiger partial charge in [0.2, 0.25) is 0 Å². The Morgan fingerprint density at radius 2 is 2.11 bits per heavy atom. The second-order valence-corrected chi connectivity index (χ2v) is 7.12. The quantitative estimate of drug-likeness (QED) is 0.667. The van der Waals surface area contributed by atoms with E-state index in [-0.39, 0.29) is 16.1 Å². The Labute approximate surface area is 123 Å². The molecular formula is C16H22BrFO. The summed E-state index contributed by atoms with van der Waals surface area (Å²) in [4.78, 5) is 0.0775. The molecule has 3 heteroatoms. The molecule has 1 nitrogen and oxygen atoms in total. The molecular weight excluding hydrogens is 307 g/mol. The van der Waals surface area contributed by atoms with E-state index >= 15 is 0 Å². The van der Waals surface area contributed by atoms with Crippen molar-refractivity contribution >= 4 is 15.9 Å². The molecule has 0 amide bonds. The topological polar surface area (TPSA) is 9.23 Å². The zero-order valence-corrected chi connectivity index (χ0v) is 13.5. The fourth-order valence-corrected chi connectivity index (χ4v) is 4.49. The Hall–Kier alpha value is -0.570. The molecule has 2 rings (SSSR count). The van der Waals surface area contributed by atoms with Crippen LogP contribution in [0.25, 0.3) is 0 Å². The summed E-state index contributed by atoms with van der Waals surface area (Å²) >= 11 is 3.74. The molecule has 2 unspecified atom stereocenters. The maximum Gasteiger partial charge on any atom is 0.131 e. The van der Waals surface area contributed by atoms with Gasteiger partial charge >= 0.3 is 0 Å². The molecule has 1 aliphatic rings. The van der Waals surface area contributed by atoms with Crippen molar-refractivity contribution in [3.63, 3.8) is 0 Å². The van der Waals surface area contributed by atoms with E-state index in [1.165, 1.54) is 25.3 Å². The van der Waals surface area contributed by atoms with Crippen LogP contribution in [0, 0.1) is 17.2 Å². The molecule has 0 aliphatic heterocycles. The van der Waals surface area contributed by atoms with Crippen LogP contribution >= 0.6 is 15.9 Å². The highest BCUT2D eigenvalue weighted by molar-refractivity contribution is 9.09. The van der Waals surface area contributed by atoms with E-state index in [1.807, 2.05) is 12.1 Å². The average molecular weight is 329 g/mol. The van der Waals surface area contributed by atoms with Crippen molar-refractivity contribution < 1.29 is 9.13 Å². The summed E-state index contributed by atoms with van der Waals surface area (Å²) in [5.74, 6) is 0.871. The summed E-state index contributed by atoms with van der Waals surface area (Å²) in [5.41, 5.74) is 1.01. The van der Waals surface area contributed by atoms with E-state index in [0.717, 1.165) is 12.0 Å². The minimum Gasteiger partial charge on any atom is -0.497 e. The molecule has 0 bridgehead atoms. The lowest BCUT2D eigenvalue weighted by atomic mass is 9.67. The number of halogens is 2. The lowest BCUT2D eigenvalue weighted by Crippen LogP contribution is -2.31. The van der Waals surface area contributed by atoms with Crippen LogP contribution in [0.5, 0.6) is 5.75 Å². The van der Waals surface area contributed by atoms with Crippen molar-refractivity contribution in [3.8, 4) is 5.75 Å². The van der Waals surface area contributed by atoms with Crippen molar-refractivity contribution in [2.24, 2.45) is 11.3 Å². The Bertz CT molecular complexity index is 444. The number of benzene rings is 1. The normalized spacial score (nSPS) is 23.9. The van der Waals surface area contributed by atoms with Gasteiger partial charge in [0.15, 0.2) is 0 Å². The molecule has 0 heterocycles. The standard InChI is InChI=1S/C16H22BrFO/c1-16(2)9-5-4-6-13(16)15(17)12-8-7-11(19-3)10-14(12)18/h7-8,10,13,15H,4-6,9H2,1-3H3. The lowest BCUT2D eigenvalue weighted by Gasteiger charge is -2.41. The fourth-order valence-electron chi connectivity index (χ4n) is 3.14. The van der Waals surface area contributed by atoms with Crippen LogP contribution < -0.4 is 4.74 Å². The predicted octanol–water partition coefficient (Wildman–Crippen LogP) is 5.49. The maximum absolute atomic E-state index is 14.2. The van der Waals surface area contributed by atoms with E-state index in [1.54, 1.807) is 7.11 Å². The van der Waals surface area contributed by atoms with Crippen LogP contribution in [0.3, 0.4) is 0 Å². The first kappa shape index (κ1) is 14.8. The monoisotopic (exact) mass is 328 g/mol. The number of methoxy groups -OCH3 is 1. The van der Waals surface area contributed by atoms with Gasteiger partial charge in [0.25, 0.3) is 0 Å². The molecule has 0 radical (unpaired) electrons. The molecule has 19 heavy (non-hydrogen) atoms. The summed E-state index contributed by atoms with van der Waals surface area (Å²) < 4.78 is 19.2. The molecule has 1 fully saturated rings. The summed E-state index contributed by atoms with van der Waals surface area (Å²) in [6, 6.07) is 5.15. The summed E-state index contributed by atoms with van der Waals surface area (Å²) in [6.07, 6.45) is 4.91. The van der Waals surface area contributed by atoms with Crippen LogP contribution in [0.4, 0.5) is 4.39 Å². The molecule has 1 aliphatic carbocycles. The first-order chi connectivity index (χ1) is 8.95. The minimum atomic E-state index is -0.178. The van der Waals surface area contributed by atoms with Gasteiger partial charge in [0, 0.05) is 16.5 Å². The van der Waals surface area contributed by atoms with Crippen molar-refractivity contribution in [1.82, 2.24) is 0 Å². The van der Waals surface area contributed by atoms with Gasteiger partial charge in [-0.3, -0.25) is 0 Å². The van der Waals surface area contributed by atoms with E-state index in [2.05, 4.69) is 29.8 Å². The highest BCUT2D eigenvalue weighted by atomic mass is 79.9. The molecule has 1 saturated carbocycles. The first-order valence-corrected chi connectivity index (χ1v) is 7.85. The SMILES string of the molecule is COc1ccc(C(Br)C2CCCCC2(C)C)c(F)c1. The van der Waals surface area contributed by atoms with Crippen molar-refractivity contribution in [3.05, 3.63) is 29.6 Å². The molecule has 0 N–H and O–H groups in total. The molecule has 1 aromatic carbocycles. The van der Waals surface area contributed by atoms with Crippen LogP contribution in [-0.2, 0) is 0 Å². The van der Waals surface area contributed by atoms with Gasteiger partial charge in [-0.15, -0.1) is 0 Å². The number of hydrogen-bond acceptors (Lipinski definition) is 1. The van der Waals surface area contributed by atoms with Crippen molar-refractivity contribution in [1.29, 1.82) is 0 Å². The molecule has 0 spiro atoms. The van der Waals surface area contributed by atoms with Crippen LogP contribution in [-0.4, -0.2) is 7.11 Å². The van der Waals surface area contributed by atoms with Crippen molar-refractivity contribution in [2.75, 3.05) is 7.11 Å². The zero-order chi connectivity index (χ0) is 14.0. The van der Waals surface area contributed by atoms with Gasteiger partial charge in [0.05, 0.1) is 7.11 Å². The van der Waals surface area contributed by atoms with Crippen LogP contribution in [0.15, 0.2) is 18.2 Å². The predicted molar refractivity (Wildman–Crippen MR) is 80.4 cm³/mol. The molecule has 0 aromatic heterocycles. The molecule has 106 valence electrons. The lowest BCUT2D eigenvalue weighted by molar-refractivity contribution is 0.136.